The van der Waals surface area contributed by atoms with Gasteiger partial charge in [-0.25, -0.2) is 4.98 Å². The number of hydrogen-bond acceptors (Lipinski definition) is 5. The number of aromatic amines is 1. The van der Waals surface area contributed by atoms with E-state index in [-0.39, 0.29) is 6.29 Å². The minimum atomic E-state index is -0.101. The number of nitrogens with one attached hydrogen (secondary N) is 1. The maximum absolute atomic E-state index is 5.42. The Bertz CT molecular complexity index is 238. The van der Waals surface area contributed by atoms with Crippen LogP contribution in [0.5, 0.6) is 0 Å². The van der Waals surface area contributed by atoms with E-state index in [9.17, 15) is 0 Å². The summed E-state index contributed by atoms with van der Waals surface area (Å²) in [5.41, 5.74) is 0. The van der Waals surface area contributed by atoms with E-state index in [1.54, 1.807) is 11.8 Å². The van der Waals surface area contributed by atoms with E-state index in [4.69, 9.17) is 9.47 Å². The van der Waals surface area contributed by atoms with Crippen molar-refractivity contribution in [3.8, 4) is 0 Å². The molecule has 0 aromatic carbocycles. The average Bonchev–Trinajstić information content (AvgIpc) is 2.71. The Balaban J connectivity index is 2.15. The molecule has 0 aliphatic heterocycles. The molecule has 0 fully saturated rings. The van der Waals surface area contributed by atoms with Gasteiger partial charge in [-0.2, -0.15) is 5.10 Å². The van der Waals surface area contributed by atoms with Crippen LogP contribution in [0.3, 0.4) is 0 Å². The first-order valence-corrected chi connectivity index (χ1v) is 6.06. The van der Waals surface area contributed by atoms with Crippen LogP contribution >= 0.6 is 11.8 Å². The highest BCUT2D eigenvalue weighted by molar-refractivity contribution is 7.99. The molecule has 0 saturated carbocycles. The number of aromatic nitrogens is 3. The molecule has 1 aromatic rings. The number of ether oxygens (including phenoxy) is 2. The smallest absolute Gasteiger partial charge is 0.183 e. The minimum absolute atomic E-state index is 0.101. The zero-order valence-electron chi connectivity index (χ0n) is 9.10. The Morgan fingerprint density at radius 3 is 2.67 bits per heavy atom. The van der Waals surface area contributed by atoms with Gasteiger partial charge in [-0.15, -0.1) is 0 Å². The maximum atomic E-state index is 5.42. The van der Waals surface area contributed by atoms with Gasteiger partial charge in [0.15, 0.2) is 11.4 Å². The van der Waals surface area contributed by atoms with Gasteiger partial charge in [-0.3, -0.25) is 5.10 Å². The molecule has 0 spiro atoms. The molecule has 86 valence electrons. The van der Waals surface area contributed by atoms with Crippen molar-refractivity contribution in [3.05, 3.63) is 6.33 Å². The fraction of sp³-hybridized carbons (Fsp3) is 0.778. The fourth-order valence-electron chi connectivity index (χ4n) is 1.10. The summed E-state index contributed by atoms with van der Waals surface area (Å²) in [6, 6.07) is 0. The monoisotopic (exact) mass is 231 g/mol. The molecule has 1 N–H and O–H groups in total. The summed E-state index contributed by atoms with van der Waals surface area (Å²) >= 11 is 1.62. The Hall–Kier alpha value is -0.590. The molecule has 0 radical (unpaired) electrons. The molecule has 1 aromatic heterocycles. The van der Waals surface area contributed by atoms with Gasteiger partial charge >= 0.3 is 0 Å². The van der Waals surface area contributed by atoms with Gasteiger partial charge in [0.05, 0.1) is 0 Å². The molecule has 0 bridgehead atoms. The van der Waals surface area contributed by atoms with Gasteiger partial charge in [0.2, 0.25) is 0 Å². The Morgan fingerprint density at radius 1 is 1.40 bits per heavy atom. The average molecular weight is 231 g/mol. The molecular weight excluding hydrogens is 214 g/mol. The lowest BCUT2D eigenvalue weighted by Gasteiger charge is -2.15. The topological polar surface area (TPSA) is 60.0 Å². The first kappa shape index (κ1) is 12.5. The normalized spacial score (nSPS) is 11.1. The van der Waals surface area contributed by atoms with Crippen molar-refractivity contribution in [2.24, 2.45) is 0 Å². The summed E-state index contributed by atoms with van der Waals surface area (Å²) in [5, 5.41) is 7.40. The van der Waals surface area contributed by atoms with E-state index in [1.807, 2.05) is 13.8 Å². The predicted molar refractivity (Wildman–Crippen MR) is 58.8 cm³/mol. The van der Waals surface area contributed by atoms with Crippen LogP contribution in [0, 0.1) is 0 Å². The third-order valence-corrected chi connectivity index (χ3v) is 2.60. The second-order valence-corrected chi connectivity index (χ2v) is 3.85. The molecule has 1 rings (SSSR count). The minimum Gasteiger partial charge on any atom is -0.353 e. The molecule has 15 heavy (non-hydrogen) atoms. The Labute approximate surface area is 94.0 Å². The summed E-state index contributed by atoms with van der Waals surface area (Å²) in [5.74, 6) is 0.903. The van der Waals surface area contributed by atoms with Crippen molar-refractivity contribution in [2.45, 2.75) is 31.7 Å². The Morgan fingerprint density at radius 2 is 2.13 bits per heavy atom. The Kier molecular flexibility index (Phi) is 6.38. The quantitative estimate of drug-likeness (QED) is 0.545. The molecule has 5 nitrogen and oxygen atoms in total. The summed E-state index contributed by atoms with van der Waals surface area (Å²) in [6.45, 7) is 5.29. The summed E-state index contributed by atoms with van der Waals surface area (Å²) < 4.78 is 10.8. The second-order valence-electron chi connectivity index (χ2n) is 2.77. The van der Waals surface area contributed by atoms with Crippen molar-refractivity contribution in [3.63, 3.8) is 0 Å². The number of H-pyrrole nitrogens is 1. The van der Waals surface area contributed by atoms with Crippen LogP contribution in [-0.4, -0.2) is 40.4 Å². The SMILES string of the molecule is CCOC(CCSc1ncn[nH]1)OCC. The molecular formula is C9H17N3O2S. The van der Waals surface area contributed by atoms with Crippen LogP contribution in [0.1, 0.15) is 20.3 Å². The van der Waals surface area contributed by atoms with Gasteiger partial charge in [0.25, 0.3) is 0 Å². The van der Waals surface area contributed by atoms with Crippen LogP contribution < -0.4 is 0 Å². The summed E-state index contributed by atoms with van der Waals surface area (Å²) in [7, 11) is 0. The van der Waals surface area contributed by atoms with Crippen molar-refractivity contribution in [2.75, 3.05) is 19.0 Å². The summed E-state index contributed by atoms with van der Waals surface area (Å²) in [4.78, 5) is 4.02. The number of nitrogens with zero attached hydrogens (tertiary/aromatic N) is 2. The van der Waals surface area contributed by atoms with E-state index in [2.05, 4.69) is 15.2 Å². The van der Waals surface area contributed by atoms with E-state index in [0.717, 1.165) is 17.3 Å². The lowest BCUT2D eigenvalue weighted by molar-refractivity contribution is -0.136. The van der Waals surface area contributed by atoms with Gasteiger partial charge in [-0.1, -0.05) is 11.8 Å². The van der Waals surface area contributed by atoms with E-state index >= 15 is 0 Å². The van der Waals surface area contributed by atoms with E-state index < -0.39 is 0 Å². The molecule has 0 aliphatic carbocycles. The molecule has 0 aliphatic rings. The van der Waals surface area contributed by atoms with Crippen molar-refractivity contribution >= 4 is 11.8 Å². The largest absolute Gasteiger partial charge is 0.353 e. The van der Waals surface area contributed by atoms with Crippen LogP contribution in [-0.2, 0) is 9.47 Å². The van der Waals surface area contributed by atoms with Crippen molar-refractivity contribution < 1.29 is 9.47 Å². The van der Waals surface area contributed by atoms with Crippen molar-refractivity contribution in [1.29, 1.82) is 0 Å². The molecule has 0 saturated heterocycles. The van der Waals surface area contributed by atoms with Crippen LogP contribution in [0.15, 0.2) is 11.5 Å². The molecule has 0 amide bonds. The molecule has 6 heteroatoms. The van der Waals surface area contributed by atoms with Gasteiger partial charge in [-0.05, 0) is 13.8 Å². The highest BCUT2D eigenvalue weighted by Crippen LogP contribution is 2.14. The highest BCUT2D eigenvalue weighted by atomic mass is 32.2. The lowest BCUT2D eigenvalue weighted by Crippen LogP contribution is -2.18. The predicted octanol–water partition coefficient (Wildman–Crippen LogP) is 1.69. The van der Waals surface area contributed by atoms with E-state index in [1.165, 1.54) is 6.33 Å². The first-order chi connectivity index (χ1) is 7.36. The highest BCUT2D eigenvalue weighted by Gasteiger charge is 2.08. The number of hydrogen-bond donors (Lipinski definition) is 1. The lowest BCUT2D eigenvalue weighted by atomic mass is 10.5. The molecule has 0 atom stereocenters. The molecule has 0 unspecified atom stereocenters. The fourth-order valence-corrected chi connectivity index (χ4v) is 1.84. The zero-order valence-corrected chi connectivity index (χ0v) is 9.92. The van der Waals surface area contributed by atoms with Gasteiger partial charge in [0, 0.05) is 25.4 Å². The molecule has 1 heterocycles. The second kappa shape index (κ2) is 7.67. The first-order valence-electron chi connectivity index (χ1n) is 5.08. The van der Waals surface area contributed by atoms with Crippen LogP contribution in [0.25, 0.3) is 0 Å². The third-order valence-electron chi connectivity index (χ3n) is 1.69. The number of rotatable bonds is 8. The van der Waals surface area contributed by atoms with Crippen LogP contribution in [0.4, 0.5) is 0 Å². The maximum Gasteiger partial charge on any atom is 0.183 e. The van der Waals surface area contributed by atoms with Gasteiger partial charge < -0.3 is 9.47 Å². The standard InChI is InChI=1S/C9H17N3O2S/c1-3-13-8(14-4-2)5-6-15-9-10-7-11-12-9/h7-8H,3-6H2,1-2H3,(H,10,11,12). The van der Waals surface area contributed by atoms with Crippen LogP contribution in [0.2, 0.25) is 0 Å². The number of thioether (sulfide) groups is 1. The zero-order chi connectivity index (χ0) is 10.9. The third kappa shape index (κ3) is 5.15. The summed E-state index contributed by atoms with van der Waals surface area (Å²) in [6.07, 6.45) is 2.26. The van der Waals surface area contributed by atoms with Gasteiger partial charge in [0.1, 0.15) is 6.33 Å². The van der Waals surface area contributed by atoms with Crippen molar-refractivity contribution in [1.82, 2.24) is 15.2 Å². The van der Waals surface area contributed by atoms with E-state index in [0.29, 0.717) is 13.2 Å².